The monoisotopic (exact) mass is 358 g/mol. The SMILES string of the molecule is CC1CCCC(C2CCC(C3CCC(C)CC3)C(C3CCC3)C2C)CC1. The molecular formula is C26H46. The van der Waals surface area contributed by atoms with Gasteiger partial charge in [-0.05, 0) is 85.4 Å². The van der Waals surface area contributed by atoms with Crippen LogP contribution in [-0.4, -0.2) is 0 Å². The van der Waals surface area contributed by atoms with E-state index in [-0.39, 0.29) is 0 Å². The molecule has 26 heavy (non-hydrogen) atoms. The summed E-state index contributed by atoms with van der Waals surface area (Å²) in [6.07, 6.45) is 21.7. The van der Waals surface area contributed by atoms with Crippen molar-refractivity contribution in [2.45, 2.75) is 111 Å². The fraction of sp³-hybridized carbons (Fsp3) is 1.00. The topological polar surface area (TPSA) is 0 Å². The lowest BCUT2D eigenvalue weighted by Gasteiger charge is -2.53. The molecule has 6 atom stereocenters. The summed E-state index contributed by atoms with van der Waals surface area (Å²) < 4.78 is 0. The van der Waals surface area contributed by atoms with Crippen molar-refractivity contribution in [2.24, 2.45) is 53.3 Å². The van der Waals surface area contributed by atoms with Crippen LogP contribution in [0.3, 0.4) is 0 Å². The summed E-state index contributed by atoms with van der Waals surface area (Å²) in [5.41, 5.74) is 0. The maximum Gasteiger partial charge on any atom is -0.0326 e. The minimum Gasteiger partial charge on any atom is -0.0625 e. The highest BCUT2D eigenvalue weighted by molar-refractivity contribution is 4.96. The number of hydrogen-bond donors (Lipinski definition) is 0. The van der Waals surface area contributed by atoms with Crippen molar-refractivity contribution in [3.8, 4) is 0 Å². The van der Waals surface area contributed by atoms with Crippen LogP contribution in [0.4, 0.5) is 0 Å². The van der Waals surface area contributed by atoms with Crippen LogP contribution in [-0.2, 0) is 0 Å². The summed E-state index contributed by atoms with van der Waals surface area (Å²) >= 11 is 0. The molecule has 4 aliphatic rings. The van der Waals surface area contributed by atoms with E-state index in [0.29, 0.717) is 0 Å². The second-order valence-electron chi connectivity index (χ2n) is 11.4. The molecule has 0 bridgehead atoms. The zero-order valence-electron chi connectivity index (χ0n) is 18.1. The van der Waals surface area contributed by atoms with E-state index >= 15 is 0 Å². The molecule has 4 aliphatic carbocycles. The molecule has 0 heterocycles. The molecule has 0 nitrogen and oxygen atoms in total. The molecule has 0 aromatic heterocycles. The first-order valence-electron chi connectivity index (χ1n) is 12.6. The molecule has 0 N–H and O–H groups in total. The average molecular weight is 359 g/mol. The lowest BCUT2D eigenvalue weighted by atomic mass is 9.52. The van der Waals surface area contributed by atoms with Crippen molar-refractivity contribution >= 4 is 0 Å². The van der Waals surface area contributed by atoms with Crippen LogP contribution in [0.2, 0.25) is 0 Å². The molecule has 0 saturated heterocycles. The van der Waals surface area contributed by atoms with E-state index < -0.39 is 0 Å². The van der Waals surface area contributed by atoms with Gasteiger partial charge in [0.05, 0.1) is 0 Å². The van der Waals surface area contributed by atoms with Gasteiger partial charge >= 0.3 is 0 Å². The van der Waals surface area contributed by atoms with Crippen molar-refractivity contribution < 1.29 is 0 Å². The van der Waals surface area contributed by atoms with Crippen LogP contribution >= 0.6 is 0 Å². The molecule has 4 fully saturated rings. The first-order valence-corrected chi connectivity index (χ1v) is 12.6. The highest BCUT2D eigenvalue weighted by Crippen LogP contribution is 2.55. The Kier molecular flexibility index (Phi) is 6.37. The minimum absolute atomic E-state index is 0.998. The first kappa shape index (κ1) is 19.3. The zero-order chi connectivity index (χ0) is 18.1. The first-order chi connectivity index (χ1) is 12.6. The summed E-state index contributed by atoms with van der Waals surface area (Å²) in [5, 5.41) is 0. The van der Waals surface area contributed by atoms with E-state index in [0.717, 1.165) is 53.3 Å². The molecule has 150 valence electrons. The lowest BCUT2D eigenvalue weighted by Crippen LogP contribution is -2.45. The van der Waals surface area contributed by atoms with E-state index in [2.05, 4.69) is 20.8 Å². The van der Waals surface area contributed by atoms with Crippen LogP contribution in [0.5, 0.6) is 0 Å². The third-order valence-electron chi connectivity index (χ3n) is 9.88. The van der Waals surface area contributed by atoms with Crippen molar-refractivity contribution in [3.05, 3.63) is 0 Å². The smallest absolute Gasteiger partial charge is 0.0326 e. The van der Waals surface area contributed by atoms with Gasteiger partial charge in [0.2, 0.25) is 0 Å². The molecule has 0 aromatic carbocycles. The Labute approximate surface area is 164 Å². The fourth-order valence-corrected chi connectivity index (χ4v) is 7.99. The van der Waals surface area contributed by atoms with Gasteiger partial charge in [-0.3, -0.25) is 0 Å². The highest BCUT2D eigenvalue weighted by Gasteiger charge is 2.47. The molecule has 0 aromatic rings. The molecule has 0 radical (unpaired) electrons. The minimum atomic E-state index is 0.998. The van der Waals surface area contributed by atoms with Gasteiger partial charge in [-0.15, -0.1) is 0 Å². The predicted octanol–water partition coefficient (Wildman–Crippen LogP) is 8.11. The van der Waals surface area contributed by atoms with Gasteiger partial charge in [0.15, 0.2) is 0 Å². The normalized spacial score (nSPS) is 48.6. The van der Waals surface area contributed by atoms with Crippen molar-refractivity contribution in [1.82, 2.24) is 0 Å². The molecule has 4 rings (SSSR count). The van der Waals surface area contributed by atoms with E-state index in [1.165, 1.54) is 38.5 Å². The van der Waals surface area contributed by atoms with Crippen molar-refractivity contribution in [3.63, 3.8) is 0 Å². The summed E-state index contributed by atoms with van der Waals surface area (Å²) in [6.45, 7) is 7.72. The second kappa shape index (κ2) is 8.57. The van der Waals surface area contributed by atoms with Gasteiger partial charge < -0.3 is 0 Å². The molecule has 6 unspecified atom stereocenters. The van der Waals surface area contributed by atoms with Crippen LogP contribution in [0.1, 0.15) is 111 Å². The van der Waals surface area contributed by atoms with E-state index in [9.17, 15) is 0 Å². The van der Waals surface area contributed by atoms with Gasteiger partial charge in [0, 0.05) is 0 Å². The van der Waals surface area contributed by atoms with Gasteiger partial charge in [-0.1, -0.05) is 78.6 Å². The Morgan fingerprint density at radius 2 is 0.923 bits per heavy atom. The Bertz CT molecular complexity index is 427. The summed E-state index contributed by atoms with van der Waals surface area (Å²) in [7, 11) is 0. The van der Waals surface area contributed by atoms with Gasteiger partial charge in [0.25, 0.3) is 0 Å². The Hall–Kier alpha value is 0. The third kappa shape index (κ3) is 4.05. The molecule has 0 heteroatoms. The molecule has 0 amide bonds. The van der Waals surface area contributed by atoms with Crippen LogP contribution < -0.4 is 0 Å². The van der Waals surface area contributed by atoms with Gasteiger partial charge in [0.1, 0.15) is 0 Å². The van der Waals surface area contributed by atoms with Crippen LogP contribution in [0, 0.1) is 53.3 Å². The second-order valence-corrected chi connectivity index (χ2v) is 11.4. The third-order valence-corrected chi connectivity index (χ3v) is 9.88. The molecule has 0 spiro atoms. The number of hydrogen-bond acceptors (Lipinski definition) is 0. The summed E-state index contributed by atoms with van der Waals surface area (Å²) in [4.78, 5) is 0. The Morgan fingerprint density at radius 1 is 0.423 bits per heavy atom. The van der Waals surface area contributed by atoms with Gasteiger partial charge in [-0.25, -0.2) is 0 Å². The fourth-order valence-electron chi connectivity index (χ4n) is 7.99. The largest absolute Gasteiger partial charge is 0.0625 e. The van der Waals surface area contributed by atoms with Crippen molar-refractivity contribution in [1.29, 1.82) is 0 Å². The van der Waals surface area contributed by atoms with Crippen molar-refractivity contribution in [2.75, 3.05) is 0 Å². The quantitative estimate of drug-likeness (QED) is 0.447. The predicted molar refractivity (Wildman–Crippen MR) is 113 cm³/mol. The van der Waals surface area contributed by atoms with E-state index in [1.807, 2.05) is 0 Å². The molecular weight excluding hydrogens is 312 g/mol. The van der Waals surface area contributed by atoms with Crippen LogP contribution in [0.15, 0.2) is 0 Å². The summed E-state index contributed by atoms with van der Waals surface area (Å²) in [5.74, 6) is 9.58. The Balaban J connectivity index is 1.46. The van der Waals surface area contributed by atoms with Crippen LogP contribution in [0.25, 0.3) is 0 Å². The van der Waals surface area contributed by atoms with E-state index in [1.54, 1.807) is 51.4 Å². The summed E-state index contributed by atoms with van der Waals surface area (Å²) in [6, 6.07) is 0. The maximum absolute atomic E-state index is 2.72. The average Bonchev–Trinajstić information content (AvgIpc) is 2.80. The highest BCUT2D eigenvalue weighted by atomic mass is 14.5. The molecule has 0 aliphatic heterocycles. The van der Waals surface area contributed by atoms with Gasteiger partial charge in [-0.2, -0.15) is 0 Å². The lowest BCUT2D eigenvalue weighted by molar-refractivity contribution is -0.0350. The number of rotatable bonds is 3. The standard InChI is InChI=1S/C26H46/c1-18-6-4-7-21(13-10-18)24-16-17-25(22-14-11-19(2)12-15-22)26(20(24)3)23-8-5-9-23/h18-26H,4-17H2,1-3H3. The van der Waals surface area contributed by atoms with E-state index in [4.69, 9.17) is 0 Å². The Morgan fingerprint density at radius 3 is 1.54 bits per heavy atom. The zero-order valence-corrected chi connectivity index (χ0v) is 18.1. The maximum atomic E-state index is 2.72. The molecule has 4 saturated carbocycles.